The number of primary amides is 1. The van der Waals surface area contributed by atoms with Crippen molar-refractivity contribution in [1.29, 1.82) is 5.26 Å². The maximum Gasteiger partial charge on any atom is 0.253 e. The van der Waals surface area contributed by atoms with E-state index in [2.05, 4.69) is 6.07 Å². The lowest BCUT2D eigenvalue weighted by molar-refractivity contribution is -0.135. The zero-order valence-corrected chi connectivity index (χ0v) is 14.0. The standard InChI is InChI=1S/C19H21N3O3/c20-11-18(5-6-18)14-3-1-13(2-4-14)16(23)22-9-15-10-25-8-7-19(15,12-22)17(21)24/h1-4,15H,5-10,12H2,(H2,21,24)/t15-,19+/m1/s1. The molecule has 130 valence electrons. The molecule has 0 spiro atoms. The first kappa shape index (κ1) is 16.1. The molecule has 25 heavy (non-hydrogen) atoms. The molecular weight excluding hydrogens is 318 g/mol. The summed E-state index contributed by atoms with van der Waals surface area (Å²) in [5.74, 6) is -0.463. The Labute approximate surface area is 146 Å². The zero-order chi connectivity index (χ0) is 17.7. The molecule has 1 aromatic carbocycles. The number of ether oxygens (including phenoxy) is 1. The van der Waals surface area contributed by atoms with E-state index in [1.165, 1.54) is 0 Å². The van der Waals surface area contributed by atoms with E-state index in [9.17, 15) is 14.9 Å². The third-order valence-electron chi connectivity index (χ3n) is 6.13. The highest BCUT2D eigenvalue weighted by Gasteiger charge is 2.53. The Morgan fingerprint density at radius 3 is 2.52 bits per heavy atom. The van der Waals surface area contributed by atoms with Gasteiger partial charge in [0.25, 0.3) is 5.91 Å². The van der Waals surface area contributed by atoms with Gasteiger partial charge in [-0.15, -0.1) is 0 Å². The van der Waals surface area contributed by atoms with Crippen LogP contribution in [-0.2, 0) is 14.9 Å². The van der Waals surface area contributed by atoms with Gasteiger partial charge in [-0.05, 0) is 37.0 Å². The SMILES string of the molecule is N#CC1(c2ccc(C(=O)N3C[C@@H]4COCC[C@]4(C(N)=O)C3)cc2)CC1. The Bertz CT molecular complexity index is 763. The molecule has 6 heteroatoms. The molecule has 0 unspecified atom stereocenters. The second-order valence-corrected chi connectivity index (χ2v) is 7.50. The van der Waals surface area contributed by atoms with Crippen LogP contribution in [0.15, 0.2) is 24.3 Å². The minimum atomic E-state index is -0.660. The summed E-state index contributed by atoms with van der Waals surface area (Å²) in [4.78, 5) is 26.6. The van der Waals surface area contributed by atoms with Crippen LogP contribution in [0.25, 0.3) is 0 Å². The normalized spacial score (nSPS) is 29.6. The molecule has 2 aliphatic heterocycles. The monoisotopic (exact) mass is 339 g/mol. The van der Waals surface area contributed by atoms with E-state index >= 15 is 0 Å². The van der Waals surface area contributed by atoms with Gasteiger partial charge in [0.1, 0.15) is 0 Å². The lowest BCUT2D eigenvalue weighted by Crippen LogP contribution is -2.48. The summed E-state index contributed by atoms with van der Waals surface area (Å²) in [7, 11) is 0. The third-order valence-corrected chi connectivity index (χ3v) is 6.13. The van der Waals surface area contributed by atoms with Gasteiger partial charge in [-0.25, -0.2) is 0 Å². The van der Waals surface area contributed by atoms with Crippen LogP contribution >= 0.6 is 0 Å². The van der Waals surface area contributed by atoms with Gasteiger partial charge < -0.3 is 15.4 Å². The molecule has 0 aromatic heterocycles. The number of carbonyl (C=O) groups is 2. The summed E-state index contributed by atoms with van der Waals surface area (Å²) in [5.41, 5.74) is 6.22. The molecule has 0 radical (unpaired) electrons. The minimum Gasteiger partial charge on any atom is -0.381 e. The van der Waals surface area contributed by atoms with Gasteiger partial charge in [0.15, 0.2) is 0 Å². The van der Waals surface area contributed by atoms with E-state index in [0.717, 1.165) is 18.4 Å². The number of likely N-dealkylation sites (tertiary alicyclic amines) is 1. The number of hydrogen-bond acceptors (Lipinski definition) is 4. The van der Waals surface area contributed by atoms with Crippen LogP contribution in [0.4, 0.5) is 0 Å². The highest BCUT2D eigenvalue weighted by Crippen LogP contribution is 2.47. The van der Waals surface area contributed by atoms with Crippen molar-refractivity contribution in [2.45, 2.75) is 24.7 Å². The van der Waals surface area contributed by atoms with E-state index in [1.54, 1.807) is 17.0 Å². The molecule has 2 atom stereocenters. The summed E-state index contributed by atoms with van der Waals surface area (Å²) in [5, 5.41) is 9.28. The largest absolute Gasteiger partial charge is 0.381 e. The highest BCUT2D eigenvalue weighted by atomic mass is 16.5. The van der Waals surface area contributed by atoms with E-state index in [-0.39, 0.29) is 23.1 Å². The lowest BCUT2D eigenvalue weighted by Gasteiger charge is -2.34. The zero-order valence-electron chi connectivity index (χ0n) is 14.0. The second kappa shape index (κ2) is 5.57. The Hall–Kier alpha value is -2.39. The van der Waals surface area contributed by atoms with Crippen LogP contribution < -0.4 is 5.73 Å². The smallest absolute Gasteiger partial charge is 0.253 e. The predicted octanol–water partition coefficient (Wildman–Crippen LogP) is 1.21. The molecule has 2 amide bonds. The Morgan fingerprint density at radius 1 is 1.24 bits per heavy atom. The summed E-state index contributed by atoms with van der Waals surface area (Å²) in [6.45, 7) is 1.83. The molecule has 4 rings (SSSR count). The predicted molar refractivity (Wildman–Crippen MR) is 89.4 cm³/mol. The molecule has 1 aliphatic carbocycles. The van der Waals surface area contributed by atoms with E-state index < -0.39 is 5.41 Å². The van der Waals surface area contributed by atoms with E-state index in [0.29, 0.717) is 38.3 Å². The van der Waals surface area contributed by atoms with Gasteiger partial charge >= 0.3 is 0 Å². The first-order chi connectivity index (χ1) is 12.0. The van der Waals surface area contributed by atoms with Crippen molar-refractivity contribution in [3.8, 4) is 6.07 Å². The average molecular weight is 339 g/mol. The Kier molecular flexibility index (Phi) is 3.58. The van der Waals surface area contributed by atoms with Crippen molar-refractivity contribution in [2.24, 2.45) is 17.1 Å². The Balaban J connectivity index is 1.54. The number of rotatable bonds is 3. The summed E-state index contributed by atoms with van der Waals surface area (Å²) in [6, 6.07) is 9.68. The van der Waals surface area contributed by atoms with Gasteiger partial charge in [0, 0.05) is 31.2 Å². The van der Waals surface area contributed by atoms with Crippen LogP contribution in [0.5, 0.6) is 0 Å². The number of amides is 2. The van der Waals surface area contributed by atoms with Crippen LogP contribution in [0.3, 0.4) is 0 Å². The van der Waals surface area contributed by atoms with Gasteiger partial charge in [-0.1, -0.05) is 12.1 Å². The molecule has 0 bridgehead atoms. The summed E-state index contributed by atoms with van der Waals surface area (Å²) >= 11 is 0. The average Bonchev–Trinajstić information content (AvgIpc) is 3.33. The molecule has 3 aliphatic rings. The minimum absolute atomic E-state index is 0.0321. The van der Waals surface area contributed by atoms with Crippen molar-refractivity contribution in [3.63, 3.8) is 0 Å². The van der Waals surface area contributed by atoms with Gasteiger partial charge in [0.2, 0.25) is 5.91 Å². The number of nitriles is 1. The molecular formula is C19H21N3O3. The molecule has 2 heterocycles. The van der Waals surface area contributed by atoms with E-state index in [1.807, 2.05) is 12.1 Å². The molecule has 2 N–H and O–H groups in total. The second-order valence-electron chi connectivity index (χ2n) is 7.50. The molecule has 3 fully saturated rings. The highest BCUT2D eigenvalue weighted by molar-refractivity contribution is 5.95. The Morgan fingerprint density at radius 2 is 1.96 bits per heavy atom. The number of nitrogens with zero attached hydrogens (tertiary/aromatic N) is 2. The fraction of sp³-hybridized carbons (Fsp3) is 0.526. The quantitative estimate of drug-likeness (QED) is 0.895. The van der Waals surface area contributed by atoms with Crippen molar-refractivity contribution in [2.75, 3.05) is 26.3 Å². The first-order valence-electron chi connectivity index (χ1n) is 8.69. The van der Waals surface area contributed by atoms with Crippen molar-refractivity contribution >= 4 is 11.8 Å². The molecule has 1 aromatic rings. The fourth-order valence-electron chi connectivity index (χ4n) is 4.21. The van der Waals surface area contributed by atoms with Crippen LogP contribution in [0.2, 0.25) is 0 Å². The molecule has 6 nitrogen and oxygen atoms in total. The summed E-state index contributed by atoms with van der Waals surface area (Å²) < 4.78 is 5.49. The summed E-state index contributed by atoms with van der Waals surface area (Å²) in [6.07, 6.45) is 2.33. The molecule has 1 saturated carbocycles. The maximum atomic E-state index is 12.9. The molecule has 2 saturated heterocycles. The van der Waals surface area contributed by atoms with Gasteiger partial charge in [-0.2, -0.15) is 5.26 Å². The lowest BCUT2D eigenvalue weighted by atomic mass is 9.74. The van der Waals surface area contributed by atoms with Crippen molar-refractivity contribution < 1.29 is 14.3 Å². The number of carbonyl (C=O) groups excluding carboxylic acids is 2. The number of hydrogen-bond donors (Lipinski definition) is 1. The first-order valence-corrected chi connectivity index (χ1v) is 8.69. The maximum absolute atomic E-state index is 12.9. The number of nitrogens with two attached hydrogens (primary N) is 1. The van der Waals surface area contributed by atoms with Crippen LogP contribution in [-0.4, -0.2) is 43.0 Å². The van der Waals surface area contributed by atoms with Crippen molar-refractivity contribution in [1.82, 2.24) is 4.90 Å². The van der Waals surface area contributed by atoms with Crippen LogP contribution in [0, 0.1) is 22.7 Å². The number of benzene rings is 1. The van der Waals surface area contributed by atoms with Gasteiger partial charge in [-0.3, -0.25) is 9.59 Å². The fourth-order valence-corrected chi connectivity index (χ4v) is 4.21. The van der Waals surface area contributed by atoms with E-state index in [4.69, 9.17) is 10.5 Å². The van der Waals surface area contributed by atoms with Crippen LogP contribution in [0.1, 0.15) is 35.2 Å². The topological polar surface area (TPSA) is 96.4 Å². The third kappa shape index (κ3) is 2.42. The van der Waals surface area contributed by atoms with Crippen molar-refractivity contribution in [3.05, 3.63) is 35.4 Å². The van der Waals surface area contributed by atoms with Gasteiger partial charge in [0.05, 0.1) is 23.5 Å². The number of fused-ring (bicyclic) bond motifs is 1.